The molecule has 1 N–H and O–H groups in total. The summed E-state index contributed by atoms with van der Waals surface area (Å²) >= 11 is 0. The van der Waals surface area contributed by atoms with Crippen LogP contribution < -0.4 is 0 Å². The van der Waals surface area contributed by atoms with Crippen LogP contribution in [0.4, 0.5) is 0 Å². The first-order valence-electron chi connectivity index (χ1n) is 6.51. The van der Waals surface area contributed by atoms with Crippen LogP contribution in [0, 0.1) is 0 Å². The van der Waals surface area contributed by atoms with E-state index < -0.39 is 0 Å². The predicted molar refractivity (Wildman–Crippen MR) is 67.5 cm³/mol. The van der Waals surface area contributed by atoms with E-state index in [1.54, 1.807) is 0 Å². The van der Waals surface area contributed by atoms with Gasteiger partial charge in [0, 0.05) is 0 Å². The Morgan fingerprint density at radius 1 is 1.19 bits per heavy atom. The second-order valence-electron chi connectivity index (χ2n) is 5.16. The van der Waals surface area contributed by atoms with Crippen LogP contribution in [-0.2, 0) is 0 Å². The van der Waals surface area contributed by atoms with Crippen molar-refractivity contribution in [1.29, 1.82) is 0 Å². The maximum absolute atomic E-state index is 10.3. The Bertz CT molecular complexity index is 309. The Balaban J connectivity index is 1.95. The van der Waals surface area contributed by atoms with Gasteiger partial charge in [-0.15, -0.1) is 0 Å². The van der Waals surface area contributed by atoms with Crippen LogP contribution >= 0.6 is 0 Å². The van der Waals surface area contributed by atoms with Gasteiger partial charge in [-0.3, -0.25) is 0 Å². The fourth-order valence-electron chi connectivity index (χ4n) is 2.93. The second-order valence-corrected chi connectivity index (χ2v) is 5.16. The molecule has 0 saturated heterocycles. The zero-order chi connectivity index (χ0) is 11.4. The molecule has 0 unspecified atom stereocenters. The summed E-state index contributed by atoms with van der Waals surface area (Å²) in [5.41, 5.74) is 1.08. The molecule has 1 aromatic rings. The van der Waals surface area contributed by atoms with Gasteiger partial charge in [-0.1, -0.05) is 43.7 Å². The molecule has 2 rings (SSSR count). The van der Waals surface area contributed by atoms with E-state index in [9.17, 15) is 5.11 Å². The third-order valence-electron chi connectivity index (χ3n) is 3.90. The molecule has 0 atom stereocenters. The highest BCUT2D eigenvalue weighted by molar-refractivity contribution is 5.20. The van der Waals surface area contributed by atoms with Crippen molar-refractivity contribution in [3.05, 3.63) is 35.9 Å². The van der Waals surface area contributed by atoms with E-state index in [0.29, 0.717) is 5.92 Å². The minimum atomic E-state index is -0.361. The molecule has 1 aliphatic carbocycles. The van der Waals surface area contributed by atoms with Crippen molar-refractivity contribution in [1.82, 2.24) is 0 Å². The Kier molecular flexibility index (Phi) is 3.65. The number of rotatable bonds is 3. The van der Waals surface area contributed by atoms with E-state index in [0.717, 1.165) is 38.5 Å². The Morgan fingerprint density at radius 3 is 2.38 bits per heavy atom. The average Bonchev–Trinajstić information content (AvgIpc) is 2.31. The number of aliphatic hydroxyl groups is 1. The lowest BCUT2D eigenvalue weighted by Gasteiger charge is -2.36. The van der Waals surface area contributed by atoms with Gasteiger partial charge in [-0.2, -0.15) is 0 Å². The summed E-state index contributed by atoms with van der Waals surface area (Å²) in [6, 6.07) is 10.7. The van der Waals surface area contributed by atoms with Crippen molar-refractivity contribution >= 4 is 0 Å². The molecule has 88 valence electrons. The molecule has 0 radical (unpaired) electrons. The fourth-order valence-corrected chi connectivity index (χ4v) is 2.93. The summed E-state index contributed by atoms with van der Waals surface area (Å²) in [7, 11) is 0. The maximum Gasteiger partial charge on any atom is 0.0648 e. The van der Waals surface area contributed by atoms with Crippen LogP contribution in [0.5, 0.6) is 0 Å². The van der Waals surface area contributed by atoms with Gasteiger partial charge >= 0.3 is 0 Å². The van der Waals surface area contributed by atoms with Gasteiger partial charge in [0.25, 0.3) is 0 Å². The normalized spacial score (nSPS) is 30.2. The summed E-state index contributed by atoms with van der Waals surface area (Å²) in [5, 5.41) is 10.3. The van der Waals surface area contributed by atoms with E-state index in [4.69, 9.17) is 0 Å². The first kappa shape index (κ1) is 11.7. The highest BCUT2D eigenvalue weighted by Crippen LogP contribution is 2.39. The molecule has 1 aliphatic rings. The topological polar surface area (TPSA) is 20.2 Å². The number of benzene rings is 1. The van der Waals surface area contributed by atoms with E-state index in [2.05, 4.69) is 37.3 Å². The first-order chi connectivity index (χ1) is 7.73. The molecule has 16 heavy (non-hydrogen) atoms. The molecular formula is C15H22O. The summed E-state index contributed by atoms with van der Waals surface area (Å²) in [6.07, 6.45) is 6.28. The molecule has 1 heteroatoms. The molecule has 0 heterocycles. The molecule has 0 amide bonds. The SMILES string of the molecule is CCCC1(O)CCC(c2ccccc2)CC1. The monoisotopic (exact) mass is 218 g/mol. The van der Waals surface area contributed by atoms with Crippen molar-refractivity contribution in [3.63, 3.8) is 0 Å². The summed E-state index contributed by atoms with van der Waals surface area (Å²) in [4.78, 5) is 0. The second kappa shape index (κ2) is 5.01. The van der Waals surface area contributed by atoms with Crippen molar-refractivity contribution in [2.24, 2.45) is 0 Å². The zero-order valence-corrected chi connectivity index (χ0v) is 10.2. The van der Waals surface area contributed by atoms with Crippen molar-refractivity contribution in [2.45, 2.75) is 57.0 Å². The lowest BCUT2D eigenvalue weighted by Crippen LogP contribution is -2.33. The minimum absolute atomic E-state index is 0.361. The Labute approximate surface area is 98.5 Å². The molecule has 1 fully saturated rings. The molecule has 0 bridgehead atoms. The van der Waals surface area contributed by atoms with Gasteiger partial charge in [0.05, 0.1) is 5.60 Å². The van der Waals surface area contributed by atoms with Crippen LogP contribution in [0.15, 0.2) is 30.3 Å². The molecular weight excluding hydrogens is 196 g/mol. The smallest absolute Gasteiger partial charge is 0.0648 e. The highest BCUT2D eigenvalue weighted by Gasteiger charge is 2.32. The molecule has 1 aromatic carbocycles. The van der Waals surface area contributed by atoms with Crippen LogP contribution in [0.3, 0.4) is 0 Å². The highest BCUT2D eigenvalue weighted by atomic mass is 16.3. The van der Waals surface area contributed by atoms with Gasteiger partial charge in [0.1, 0.15) is 0 Å². The van der Waals surface area contributed by atoms with Gasteiger partial charge in [-0.25, -0.2) is 0 Å². The summed E-state index contributed by atoms with van der Waals surface area (Å²) in [5.74, 6) is 0.665. The van der Waals surface area contributed by atoms with E-state index in [1.807, 2.05) is 0 Å². The fraction of sp³-hybridized carbons (Fsp3) is 0.600. The minimum Gasteiger partial charge on any atom is -0.390 e. The van der Waals surface area contributed by atoms with Gasteiger partial charge in [0.2, 0.25) is 0 Å². The Morgan fingerprint density at radius 2 is 1.81 bits per heavy atom. The molecule has 1 saturated carbocycles. The van der Waals surface area contributed by atoms with Crippen molar-refractivity contribution < 1.29 is 5.11 Å². The van der Waals surface area contributed by atoms with Gasteiger partial charge in [0.15, 0.2) is 0 Å². The van der Waals surface area contributed by atoms with E-state index >= 15 is 0 Å². The predicted octanol–water partition coefficient (Wildman–Crippen LogP) is 3.88. The largest absolute Gasteiger partial charge is 0.390 e. The summed E-state index contributed by atoms with van der Waals surface area (Å²) in [6.45, 7) is 2.15. The summed E-state index contributed by atoms with van der Waals surface area (Å²) < 4.78 is 0. The van der Waals surface area contributed by atoms with E-state index in [1.165, 1.54) is 5.56 Å². The third kappa shape index (κ3) is 2.65. The van der Waals surface area contributed by atoms with Crippen LogP contribution in [-0.4, -0.2) is 10.7 Å². The maximum atomic E-state index is 10.3. The van der Waals surface area contributed by atoms with Crippen LogP contribution in [0.2, 0.25) is 0 Å². The third-order valence-corrected chi connectivity index (χ3v) is 3.90. The zero-order valence-electron chi connectivity index (χ0n) is 10.2. The lowest BCUT2D eigenvalue weighted by molar-refractivity contribution is -0.00900. The average molecular weight is 218 g/mol. The van der Waals surface area contributed by atoms with Crippen molar-refractivity contribution in [3.8, 4) is 0 Å². The van der Waals surface area contributed by atoms with Gasteiger partial charge < -0.3 is 5.11 Å². The van der Waals surface area contributed by atoms with Crippen LogP contribution in [0.1, 0.15) is 56.9 Å². The van der Waals surface area contributed by atoms with E-state index in [-0.39, 0.29) is 5.60 Å². The number of hydrogen-bond acceptors (Lipinski definition) is 1. The quantitative estimate of drug-likeness (QED) is 0.816. The molecule has 0 spiro atoms. The lowest BCUT2D eigenvalue weighted by atomic mass is 9.74. The number of hydrogen-bond donors (Lipinski definition) is 1. The standard InChI is InChI=1S/C15H22O/c1-2-10-15(16)11-8-14(9-12-15)13-6-4-3-5-7-13/h3-7,14,16H,2,8-12H2,1H3. The molecule has 1 nitrogen and oxygen atoms in total. The molecule has 0 aromatic heterocycles. The Hall–Kier alpha value is -0.820. The van der Waals surface area contributed by atoms with Crippen molar-refractivity contribution in [2.75, 3.05) is 0 Å². The van der Waals surface area contributed by atoms with Gasteiger partial charge in [-0.05, 0) is 43.6 Å². The molecule has 0 aliphatic heterocycles. The van der Waals surface area contributed by atoms with Crippen LogP contribution in [0.25, 0.3) is 0 Å². The first-order valence-corrected chi connectivity index (χ1v) is 6.51.